The Labute approximate surface area is 268 Å². The van der Waals surface area contributed by atoms with Gasteiger partial charge in [0.2, 0.25) is 10.9 Å². The fourth-order valence-electron chi connectivity index (χ4n) is 7.09. The average Bonchev–Trinajstić information content (AvgIpc) is 3.33. The predicted octanol–water partition coefficient (Wildman–Crippen LogP) is 5.00. The molecule has 0 saturated carbocycles. The number of rotatable bonds is 10. The number of hydrogen-bond donors (Lipinski definition) is 0. The fourth-order valence-corrected chi connectivity index (χ4v) is 7.09. The molecule has 2 aliphatic heterocycles. The Morgan fingerprint density at radius 3 is 1.98 bits per heavy atom. The van der Waals surface area contributed by atoms with Gasteiger partial charge in [0.05, 0.1) is 31.7 Å². The van der Waals surface area contributed by atoms with Gasteiger partial charge in [0.1, 0.15) is 12.2 Å². The lowest BCUT2D eigenvalue weighted by molar-refractivity contribution is -0.456. The smallest absolute Gasteiger partial charge is 0.340 e. The highest BCUT2D eigenvalue weighted by atomic mass is 16.6. The molecule has 2 aliphatic rings. The van der Waals surface area contributed by atoms with Gasteiger partial charge in [-0.1, -0.05) is 65.8 Å². The minimum atomic E-state index is -0.687. The number of anilines is 1. The summed E-state index contributed by atoms with van der Waals surface area (Å²) in [6.07, 6.45) is 4.87. The maximum absolute atomic E-state index is 13.8. The molecular weight excluding hydrogens is 584 g/mol. The Morgan fingerprint density at radius 1 is 0.848 bits per heavy atom. The van der Waals surface area contributed by atoms with Crippen molar-refractivity contribution in [1.29, 1.82) is 0 Å². The summed E-state index contributed by atoms with van der Waals surface area (Å²) in [6.45, 7) is 17.3. The third-order valence-corrected chi connectivity index (χ3v) is 9.82. The first kappa shape index (κ1) is 32.9. The molecule has 10 nitrogen and oxygen atoms in total. The lowest BCUT2D eigenvalue weighted by Gasteiger charge is -2.32. The lowest BCUT2D eigenvalue weighted by atomic mass is 9.79. The molecule has 46 heavy (non-hydrogen) atoms. The van der Waals surface area contributed by atoms with Gasteiger partial charge in [-0.3, -0.25) is 29.8 Å². The van der Waals surface area contributed by atoms with Gasteiger partial charge in [-0.15, -0.1) is 0 Å². The van der Waals surface area contributed by atoms with E-state index >= 15 is 0 Å². The molecule has 242 valence electrons. The number of hydrogen-bond acceptors (Lipinski definition) is 7. The molecule has 3 aromatic carbocycles. The largest absolute Gasteiger partial charge is 0.358 e. The van der Waals surface area contributed by atoms with E-state index in [1.54, 1.807) is 24.3 Å². The van der Waals surface area contributed by atoms with Crippen molar-refractivity contribution in [2.75, 3.05) is 18.0 Å². The minimum Gasteiger partial charge on any atom is -0.358 e. The predicted molar refractivity (Wildman–Crippen MR) is 182 cm³/mol. The van der Waals surface area contributed by atoms with Crippen LogP contribution in [0.5, 0.6) is 0 Å². The molecule has 0 radical (unpaired) electrons. The monoisotopic (exact) mass is 627 g/mol. The van der Waals surface area contributed by atoms with Crippen LogP contribution in [0.15, 0.2) is 46.0 Å². The van der Waals surface area contributed by atoms with Crippen LogP contribution in [0.4, 0.5) is 22.7 Å². The van der Waals surface area contributed by atoms with Crippen LogP contribution in [0.2, 0.25) is 0 Å². The van der Waals surface area contributed by atoms with Gasteiger partial charge in [-0.2, -0.15) is 4.58 Å². The number of benzene rings is 2. The van der Waals surface area contributed by atoms with E-state index in [0.29, 0.717) is 42.0 Å². The average molecular weight is 628 g/mol. The van der Waals surface area contributed by atoms with Crippen LogP contribution in [0.3, 0.4) is 0 Å². The third-order valence-electron chi connectivity index (χ3n) is 9.82. The van der Waals surface area contributed by atoms with Gasteiger partial charge in [-0.05, 0) is 43.7 Å². The summed E-state index contributed by atoms with van der Waals surface area (Å²) in [5, 5.41) is 24.3. The third kappa shape index (κ3) is 5.27. The van der Waals surface area contributed by atoms with Crippen molar-refractivity contribution < 1.29 is 14.4 Å². The first-order chi connectivity index (χ1) is 21.5. The standard InChI is InChI=1S/C36H43N4O6/c1-21(2)15-17-37-29(35(5,6)25-11-9-13-27(31(25)37)39(43)44)19-23-33(41)24(34(23)42)20-30-36(7,8)26-12-10-14-28(40(45)46)32(26)38(30)18-16-22(3)4/h9-14,19-22,29H,15-18H2,1-8H3/q+1. The van der Waals surface area contributed by atoms with Crippen LogP contribution in [0.1, 0.15) is 79.4 Å². The number of nitro benzene ring substituents is 2. The van der Waals surface area contributed by atoms with Gasteiger partial charge in [0.15, 0.2) is 5.71 Å². The van der Waals surface area contributed by atoms with Crippen molar-refractivity contribution in [3.63, 3.8) is 0 Å². The zero-order chi connectivity index (χ0) is 33.9. The first-order valence-corrected chi connectivity index (χ1v) is 16.0. The molecule has 10 heteroatoms. The van der Waals surface area contributed by atoms with Crippen molar-refractivity contribution in [2.45, 2.75) is 85.1 Å². The summed E-state index contributed by atoms with van der Waals surface area (Å²) in [5.41, 5.74) is 1.26. The molecule has 0 aliphatic carbocycles. The molecule has 1 unspecified atom stereocenters. The number of fused-ring (bicyclic) bond motifs is 2. The summed E-state index contributed by atoms with van der Waals surface area (Å²) >= 11 is 0. The summed E-state index contributed by atoms with van der Waals surface area (Å²) in [5.74, 6) is 0.675. The van der Waals surface area contributed by atoms with Gasteiger partial charge >= 0.3 is 5.69 Å². The van der Waals surface area contributed by atoms with E-state index in [2.05, 4.69) is 27.7 Å². The van der Waals surface area contributed by atoms with E-state index in [0.717, 1.165) is 24.0 Å². The highest BCUT2D eigenvalue weighted by Gasteiger charge is 2.49. The Balaban J connectivity index is 1.68. The van der Waals surface area contributed by atoms with Gasteiger partial charge in [0, 0.05) is 42.2 Å². The van der Waals surface area contributed by atoms with Crippen LogP contribution < -0.4 is 26.2 Å². The van der Waals surface area contributed by atoms with E-state index < -0.39 is 16.9 Å². The zero-order valence-corrected chi connectivity index (χ0v) is 27.9. The van der Waals surface area contributed by atoms with Crippen molar-refractivity contribution in [3.8, 4) is 0 Å². The fraction of sp³-hybridized carbons (Fsp3) is 0.472. The molecule has 1 atom stereocenters. The minimum absolute atomic E-state index is 0.00630. The van der Waals surface area contributed by atoms with E-state index in [9.17, 15) is 29.8 Å². The SMILES string of the molecule is CC(C)CCN1c2c([N+](=O)[O-])cccc2C(C)(C)C1C=c1c(=O)c(=CC2=[N+](CCC(C)C)c3c([N+](=O)[O-])cccc3C2(C)C)c1=O. The molecule has 0 amide bonds. The topological polar surface area (TPSA) is 127 Å². The summed E-state index contributed by atoms with van der Waals surface area (Å²) < 4.78 is 1.91. The highest BCUT2D eigenvalue weighted by molar-refractivity contribution is 6.15. The van der Waals surface area contributed by atoms with E-state index in [-0.39, 0.29) is 42.5 Å². The second-order valence-corrected chi connectivity index (χ2v) is 14.5. The van der Waals surface area contributed by atoms with Gasteiger partial charge in [-0.25, -0.2) is 0 Å². The number of para-hydroxylation sites is 2. The van der Waals surface area contributed by atoms with Crippen LogP contribution in [-0.2, 0) is 10.8 Å². The van der Waals surface area contributed by atoms with E-state index in [1.165, 1.54) is 12.1 Å². The molecule has 5 rings (SSSR count). The van der Waals surface area contributed by atoms with Crippen LogP contribution in [-0.4, -0.2) is 39.3 Å². The summed E-state index contributed by atoms with van der Waals surface area (Å²) in [6, 6.07) is 9.66. The summed E-state index contributed by atoms with van der Waals surface area (Å²) in [7, 11) is 0. The molecule has 3 aromatic rings. The van der Waals surface area contributed by atoms with E-state index in [4.69, 9.17) is 0 Å². The number of nitrogens with zero attached hydrogens (tertiary/aromatic N) is 4. The zero-order valence-electron chi connectivity index (χ0n) is 27.9. The van der Waals surface area contributed by atoms with Crippen LogP contribution in [0.25, 0.3) is 12.2 Å². The molecule has 0 spiro atoms. The molecule has 0 fully saturated rings. The highest BCUT2D eigenvalue weighted by Crippen LogP contribution is 2.50. The Hall–Kier alpha value is -4.47. The maximum atomic E-state index is 13.8. The Bertz CT molecular complexity index is 1950. The van der Waals surface area contributed by atoms with Gasteiger partial charge < -0.3 is 4.90 Å². The second-order valence-electron chi connectivity index (χ2n) is 14.5. The van der Waals surface area contributed by atoms with E-state index in [1.807, 2.05) is 49.3 Å². The summed E-state index contributed by atoms with van der Waals surface area (Å²) in [4.78, 5) is 52.9. The van der Waals surface area contributed by atoms with Crippen LogP contribution in [0, 0.1) is 32.1 Å². The van der Waals surface area contributed by atoms with Crippen LogP contribution >= 0.6 is 0 Å². The molecule has 0 N–H and O–H groups in total. The molecule has 0 bridgehead atoms. The van der Waals surface area contributed by atoms with Gasteiger partial charge in [0.25, 0.3) is 11.4 Å². The lowest BCUT2D eigenvalue weighted by Crippen LogP contribution is -2.66. The van der Waals surface area contributed by atoms with Crippen molar-refractivity contribution in [1.82, 2.24) is 0 Å². The van der Waals surface area contributed by atoms with Crippen molar-refractivity contribution in [2.24, 2.45) is 11.8 Å². The molecule has 0 aromatic heterocycles. The van der Waals surface area contributed by atoms with Crippen molar-refractivity contribution >= 4 is 40.6 Å². The van der Waals surface area contributed by atoms with Crippen molar-refractivity contribution in [3.05, 3.63) is 98.6 Å². The molecular formula is C36H43N4O6+. The molecule has 2 heterocycles. The second kappa shape index (κ2) is 11.7. The molecule has 0 saturated heterocycles. The normalized spacial score (nSPS) is 18.0. The quantitative estimate of drug-likeness (QED) is 0.176. The first-order valence-electron chi connectivity index (χ1n) is 16.0. The maximum Gasteiger partial charge on any atom is 0.340 e. The number of nitro groups is 2. The Kier molecular flexibility index (Phi) is 8.38. The Morgan fingerprint density at radius 2 is 1.41 bits per heavy atom.